The lowest BCUT2D eigenvalue weighted by Gasteiger charge is -2.35. The fourth-order valence-electron chi connectivity index (χ4n) is 3.34. The summed E-state index contributed by atoms with van der Waals surface area (Å²) >= 11 is 0. The van der Waals surface area contributed by atoms with Crippen LogP contribution in [0.3, 0.4) is 0 Å². The van der Waals surface area contributed by atoms with Crippen molar-refractivity contribution in [2.45, 2.75) is 51.7 Å². The maximum absolute atomic E-state index is 5.61. The molecule has 3 nitrogen and oxygen atoms in total. The van der Waals surface area contributed by atoms with Gasteiger partial charge in [0.25, 0.3) is 0 Å². The van der Waals surface area contributed by atoms with Gasteiger partial charge in [-0.3, -0.25) is 4.90 Å². The maximum Gasteiger partial charge on any atom is 0.0674 e. The average Bonchev–Trinajstić information content (AvgIpc) is 2.82. The van der Waals surface area contributed by atoms with E-state index in [1.165, 1.54) is 32.2 Å². The van der Waals surface area contributed by atoms with E-state index >= 15 is 0 Å². The molecule has 1 aliphatic carbocycles. The smallest absolute Gasteiger partial charge is 0.0674 e. The molecule has 0 aromatic heterocycles. The Bertz CT molecular complexity index is 216. The van der Waals surface area contributed by atoms with E-state index in [0.717, 1.165) is 32.2 Å². The highest BCUT2D eigenvalue weighted by Crippen LogP contribution is 2.28. The summed E-state index contributed by atoms with van der Waals surface area (Å²) < 4.78 is 5.61. The quantitative estimate of drug-likeness (QED) is 0.794. The average molecular weight is 240 g/mol. The summed E-state index contributed by atoms with van der Waals surface area (Å²) in [4.78, 5) is 2.58. The zero-order valence-corrected chi connectivity index (χ0v) is 11.5. The third-order valence-corrected chi connectivity index (χ3v) is 4.22. The zero-order chi connectivity index (χ0) is 12.1. The summed E-state index contributed by atoms with van der Waals surface area (Å²) in [7, 11) is 0. The van der Waals surface area contributed by atoms with Crippen LogP contribution in [0.1, 0.15) is 39.5 Å². The molecular formula is C14H28N2O. The first-order valence-corrected chi connectivity index (χ1v) is 7.37. The first-order valence-electron chi connectivity index (χ1n) is 7.37. The van der Waals surface area contributed by atoms with Crippen LogP contribution in [-0.2, 0) is 4.74 Å². The van der Waals surface area contributed by atoms with Crippen molar-refractivity contribution in [1.82, 2.24) is 10.2 Å². The van der Waals surface area contributed by atoms with Crippen LogP contribution in [0.4, 0.5) is 0 Å². The van der Waals surface area contributed by atoms with Gasteiger partial charge in [0.1, 0.15) is 0 Å². The first kappa shape index (κ1) is 13.3. The molecule has 2 fully saturated rings. The van der Waals surface area contributed by atoms with E-state index in [1.54, 1.807) is 0 Å². The molecule has 0 amide bonds. The maximum atomic E-state index is 5.61. The monoisotopic (exact) mass is 240 g/mol. The highest BCUT2D eigenvalue weighted by molar-refractivity contribution is 4.84. The van der Waals surface area contributed by atoms with E-state index < -0.39 is 0 Å². The summed E-state index contributed by atoms with van der Waals surface area (Å²) in [6, 6.07) is 0.702. The van der Waals surface area contributed by atoms with Gasteiger partial charge in [0.05, 0.1) is 12.7 Å². The van der Waals surface area contributed by atoms with Gasteiger partial charge in [-0.1, -0.05) is 19.8 Å². The van der Waals surface area contributed by atoms with Crippen molar-refractivity contribution in [2.75, 3.05) is 32.8 Å². The van der Waals surface area contributed by atoms with Gasteiger partial charge in [0.15, 0.2) is 0 Å². The molecule has 0 aromatic rings. The molecule has 2 unspecified atom stereocenters. The second-order valence-electron chi connectivity index (χ2n) is 5.65. The van der Waals surface area contributed by atoms with Gasteiger partial charge in [0.2, 0.25) is 0 Å². The lowest BCUT2D eigenvalue weighted by molar-refractivity contribution is -0.0229. The molecule has 1 saturated heterocycles. The molecule has 0 radical (unpaired) electrons. The number of morpholine rings is 1. The third kappa shape index (κ3) is 3.94. The molecule has 17 heavy (non-hydrogen) atoms. The minimum Gasteiger partial charge on any atom is -0.376 e. The van der Waals surface area contributed by atoms with E-state index in [-0.39, 0.29) is 0 Å². The van der Waals surface area contributed by atoms with Crippen LogP contribution in [0.15, 0.2) is 0 Å². The lowest BCUT2D eigenvalue weighted by atomic mass is 9.97. The molecule has 1 saturated carbocycles. The van der Waals surface area contributed by atoms with Crippen LogP contribution in [0.25, 0.3) is 0 Å². The Morgan fingerprint density at radius 3 is 2.76 bits per heavy atom. The molecule has 1 heterocycles. The second kappa shape index (κ2) is 6.72. The summed E-state index contributed by atoms with van der Waals surface area (Å²) in [5.41, 5.74) is 0. The van der Waals surface area contributed by atoms with Gasteiger partial charge in [-0.25, -0.2) is 0 Å². The minimum atomic E-state index is 0.412. The highest BCUT2D eigenvalue weighted by Gasteiger charge is 2.27. The Hall–Kier alpha value is -0.120. The summed E-state index contributed by atoms with van der Waals surface area (Å²) in [6.07, 6.45) is 6.14. The number of nitrogens with one attached hydrogen (secondary N) is 1. The Morgan fingerprint density at radius 2 is 2.12 bits per heavy atom. The molecule has 1 aliphatic heterocycles. The highest BCUT2D eigenvalue weighted by atomic mass is 16.5. The molecule has 2 rings (SSSR count). The molecule has 1 N–H and O–H groups in total. The predicted molar refractivity (Wildman–Crippen MR) is 71.3 cm³/mol. The van der Waals surface area contributed by atoms with E-state index in [1.807, 2.05) is 0 Å². The van der Waals surface area contributed by atoms with Crippen molar-refractivity contribution in [3.63, 3.8) is 0 Å². The number of rotatable bonds is 5. The van der Waals surface area contributed by atoms with Crippen molar-refractivity contribution in [3.8, 4) is 0 Å². The van der Waals surface area contributed by atoms with Crippen LogP contribution in [-0.4, -0.2) is 49.8 Å². The Labute approximate surface area is 106 Å². The molecule has 0 spiro atoms. The molecular weight excluding hydrogens is 212 g/mol. The number of hydrogen-bond donors (Lipinski definition) is 1. The van der Waals surface area contributed by atoms with E-state index in [0.29, 0.717) is 12.1 Å². The molecule has 0 aromatic carbocycles. The first-order chi connectivity index (χ1) is 8.29. The topological polar surface area (TPSA) is 24.5 Å². The standard InChI is InChI=1S/C14H28N2O/c1-3-15-14(13-6-4-5-7-13)11-16-8-9-17-12(2)10-16/h12-15H,3-11H2,1-2H3. The summed E-state index contributed by atoms with van der Waals surface area (Å²) in [5, 5.41) is 3.70. The van der Waals surface area contributed by atoms with Gasteiger partial charge in [0, 0.05) is 25.7 Å². The number of hydrogen-bond acceptors (Lipinski definition) is 3. The van der Waals surface area contributed by atoms with Crippen molar-refractivity contribution in [1.29, 1.82) is 0 Å². The molecule has 2 aliphatic rings. The van der Waals surface area contributed by atoms with Crippen LogP contribution < -0.4 is 5.32 Å². The van der Waals surface area contributed by atoms with Crippen LogP contribution >= 0.6 is 0 Å². The van der Waals surface area contributed by atoms with Crippen molar-refractivity contribution >= 4 is 0 Å². The fourth-order valence-corrected chi connectivity index (χ4v) is 3.34. The molecule has 100 valence electrons. The second-order valence-corrected chi connectivity index (χ2v) is 5.65. The third-order valence-electron chi connectivity index (χ3n) is 4.22. The summed E-state index contributed by atoms with van der Waals surface area (Å²) in [6.45, 7) is 9.85. The van der Waals surface area contributed by atoms with Gasteiger partial charge in [-0.05, 0) is 32.2 Å². The van der Waals surface area contributed by atoms with E-state index in [2.05, 4.69) is 24.1 Å². The Balaban J connectivity index is 1.83. The molecule has 0 bridgehead atoms. The Kier molecular flexibility index (Phi) is 5.26. The molecule has 2 atom stereocenters. The van der Waals surface area contributed by atoms with Crippen LogP contribution in [0.2, 0.25) is 0 Å². The summed E-state index contributed by atoms with van der Waals surface area (Å²) in [5.74, 6) is 0.910. The lowest BCUT2D eigenvalue weighted by Crippen LogP contribution is -2.50. The minimum absolute atomic E-state index is 0.412. The van der Waals surface area contributed by atoms with Crippen molar-refractivity contribution in [3.05, 3.63) is 0 Å². The van der Waals surface area contributed by atoms with Crippen LogP contribution in [0.5, 0.6) is 0 Å². The molecule has 3 heteroatoms. The van der Waals surface area contributed by atoms with Crippen LogP contribution in [0, 0.1) is 5.92 Å². The predicted octanol–water partition coefficient (Wildman–Crippen LogP) is 1.88. The van der Waals surface area contributed by atoms with Crippen molar-refractivity contribution < 1.29 is 4.74 Å². The van der Waals surface area contributed by atoms with Gasteiger partial charge in [-0.2, -0.15) is 0 Å². The zero-order valence-electron chi connectivity index (χ0n) is 11.5. The van der Waals surface area contributed by atoms with E-state index in [4.69, 9.17) is 4.74 Å². The van der Waals surface area contributed by atoms with Gasteiger partial charge < -0.3 is 10.1 Å². The van der Waals surface area contributed by atoms with Gasteiger partial charge in [-0.15, -0.1) is 0 Å². The Morgan fingerprint density at radius 1 is 1.35 bits per heavy atom. The van der Waals surface area contributed by atoms with Crippen molar-refractivity contribution in [2.24, 2.45) is 5.92 Å². The number of likely N-dealkylation sites (N-methyl/N-ethyl adjacent to an activating group) is 1. The van der Waals surface area contributed by atoms with E-state index in [9.17, 15) is 0 Å². The largest absolute Gasteiger partial charge is 0.376 e. The van der Waals surface area contributed by atoms with Gasteiger partial charge >= 0.3 is 0 Å². The number of ether oxygens (including phenoxy) is 1. The number of nitrogens with zero attached hydrogens (tertiary/aromatic N) is 1. The fraction of sp³-hybridized carbons (Fsp3) is 1.00. The SMILES string of the molecule is CCNC(CN1CCOC(C)C1)C1CCCC1. The normalized spacial score (nSPS) is 29.6.